The van der Waals surface area contributed by atoms with Crippen molar-refractivity contribution in [3.05, 3.63) is 53.8 Å². The lowest BCUT2D eigenvalue weighted by molar-refractivity contribution is 0.252. The molecule has 0 aliphatic carbocycles. The molecule has 1 aromatic carbocycles. The first kappa shape index (κ1) is 18.9. The Bertz CT molecular complexity index is 830. The van der Waals surface area contributed by atoms with Gasteiger partial charge in [-0.05, 0) is 36.8 Å². The molecule has 0 fully saturated rings. The van der Waals surface area contributed by atoms with Gasteiger partial charge >= 0.3 is 6.03 Å². The monoisotopic (exact) mass is 385 g/mol. The zero-order valence-electron chi connectivity index (χ0n) is 15.2. The Morgan fingerprint density at radius 2 is 2.15 bits per heavy atom. The van der Waals surface area contributed by atoms with Gasteiger partial charge in [-0.15, -0.1) is 11.3 Å². The molecule has 0 atom stereocenters. The maximum Gasteiger partial charge on any atom is 0.319 e. The number of hydrogen-bond donors (Lipinski definition) is 2. The molecule has 142 valence electrons. The van der Waals surface area contributed by atoms with Crippen LogP contribution < -0.4 is 15.4 Å². The van der Waals surface area contributed by atoms with E-state index >= 15 is 0 Å². The van der Waals surface area contributed by atoms with E-state index in [1.54, 1.807) is 10.9 Å². The van der Waals surface area contributed by atoms with Crippen LogP contribution in [0.4, 0.5) is 10.5 Å². The standard InChI is InChI=1S/C19H23N5O2S/c1-2-3-13-26-17-7-5-15(6-8-17)22-18(25)20-11-9-16-14-27-19(23-16)24-12-4-10-21-24/h4-8,10,12,14H,2-3,9,11,13H2,1H3,(H2,20,22,25). The van der Waals surface area contributed by atoms with Crippen molar-refractivity contribution in [2.24, 2.45) is 0 Å². The van der Waals surface area contributed by atoms with E-state index in [2.05, 4.69) is 27.6 Å². The SMILES string of the molecule is CCCCOc1ccc(NC(=O)NCCc2csc(-n3cccn3)n2)cc1. The van der Waals surface area contributed by atoms with Gasteiger partial charge in [0.25, 0.3) is 0 Å². The van der Waals surface area contributed by atoms with E-state index < -0.39 is 0 Å². The molecule has 2 N–H and O–H groups in total. The Morgan fingerprint density at radius 1 is 1.30 bits per heavy atom. The van der Waals surface area contributed by atoms with Gasteiger partial charge in [-0.25, -0.2) is 14.5 Å². The van der Waals surface area contributed by atoms with Crippen molar-refractivity contribution < 1.29 is 9.53 Å². The number of nitrogens with zero attached hydrogens (tertiary/aromatic N) is 3. The predicted octanol–water partition coefficient (Wildman–Crippen LogP) is 3.87. The topological polar surface area (TPSA) is 81.1 Å². The lowest BCUT2D eigenvalue weighted by Crippen LogP contribution is -2.30. The summed E-state index contributed by atoms with van der Waals surface area (Å²) in [5, 5.41) is 12.6. The zero-order valence-corrected chi connectivity index (χ0v) is 16.0. The number of carbonyl (C=O) groups is 1. The summed E-state index contributed by atoms with van der Waals surface area (Å²) >= 11 is 1.53. The van der Waals surface area contributed by atoms with Crippen molar-refractivity contribution in [1.29, 1.82) is 0 Å². The summed E-state index contributed by atoms with van der Waals surface area (Å²) in [6, 6.07) is 9.00. The van der Waals surface area contributed by atoms with Crippen LogP contribution >= 0.6 is 11.3 Å². The van der Waals surface area contributed by atoms with Crippen molar-refractivity contribution in [3.8, 4) is 10.9 Å². The van der Waals surface area contributed by atoms with Crippen LogP contribution in [0, 0.1) is 0 Å². The van der Waals surface area contributed by atoms with Gasteiger partial charge in [-0.3, -0.25) is 0 Å². The van der Waals surface area contributed by atoms with Crippen molar-refractivity contribution in [1.82, 2.24) is 20.1 Å². The summed E-state index contributed by atoms with van der Waals surface area (Å²) in [6.07, 6.45) is 6.37. The summed E-state index contributed by atoms with van der Waals surface area (Å²) in [6.45, 7) is 3.34. The number of ether oxygens (including phenoxy) is 1. The maximum atomic E-state index is 12.0. The molecule has 0 aliphatic rings. The molecule has 2 heterocycles. The number of unbranched alkanes of at least 4 members (excludes halogenated alkanes) is 1. The second-order valence-electron chi connectivity index (χ2n) is 5.93. The second kappa shape index (κ2) is 9.72. The Morgan fingerprint density at radius 3 is 2.89 bits per heavy atom. The number of carbonyl (C=O) groups excluding carboxylic acids is 1. The number of rotatable bonds is 9. The first-order chi connectivity index (χ1) is 13.2. The minimum absolute atomic E-state index is 0.239. The number of thiazole rings is 1. The lowest BCUT2D eigenvalue weighted by atomic mass is 10.3. The zero-order chi connectivity index (χ0) is 18.9. The number of hydrogen-bond acceptors (Lipinski definition) is 5. The fourth-order valence-electron chi connectivity index (χ4n) is 2.35. The molecule has 27 heavy (non-hydrogen) atoms. The summed E-state index contributed by atoms with van der Waals surface area (Å²) in [4.78, 5) is 16.5. The van der Waals surface area contributed by atoms with E-state index in [1.165, 1.54) is 11.3 Å². The molecule has 0 saturated carbocycles. The van der Waals surface area contributed by atoms with Gasteiger partial charge in [0.15, 0.2) is 0 Å². The third-order valence-electron chi connectivity index (χ3n) is 3.79. The number of anilines is 1. The van der Waals surface area contributed by atoms with E-state index in [9.17, 15) is 4.79 Å². The van der Waals surface area contributed by atoms with Crippen LogP contribution in [-0.2, 0) is 6.42 Å². The van der Waals surface area contributed by atoms with Gasteiger partial charge in [-0.2, -0.15) is 5.10 Å². The fraction of sp³-hybridized carbons (Fsp3) is 0.316. The molecule has 7 nitrogen and oxygen atoms in total. The molecular formula is C19H23N5O2S. The minimum Gasteiger partial charge on any atom is -0.494 e. The van der Waals surface area contributed by atoms with Gasteiger partial charge < -0.3 is 15.4 Å². The van der Waals surface area contributed by atoms with Crippen molar-refractivity contribution in [2.75, 3.05) is 18.5 Å². The van der Waals surface area contributed by atoms with Gasteiger partial charge in [0.2, 0.25) is 5.13 Å². The summed E-state index contributed by atoms with van der Waals surface area (Å²) in [7, 11) is 0. The molecule has 2 aromatic heterocycles. The molecule has 0 radical (unpaired) electrons. The van der Waals surface area contributed by atoms with Crippen LogP contribution in [0.2, 0.25) is 0 Å². The van der Waals surface area contributed by atoms with Crippen LogP contribution in [0.1, 0.15) is 25.5 Å². The maximum absolute atomic E-state index is 12.0. The Balaban J connectivity index is 1.39. The average molecular weight is 385 g/mol. The number of nitrogens with one attached hydrogen (secondary N) is 2. The van der Waals surface area contributed by atoms with E-state index in [0.29, 0.717) is 19.6 Å². The highest BCUT2D eigenvalue weighted by molar-refractivity contribution is 7.12. The van der Waals surface area contributed by atoms with E-state index in [1.807, 2.05) is 41.9 Å². The highest BCUT2D eigenvalue weighted by Gasteiger charge is 2.06. The minimum atomic E-state index is -0.239. The largest absolute Gasteiger partial charge is 0.494 e. The van der Waals surface area contributed by atoms with Gasteiger partial charge in [-0.1, -0.05) is 13.3 Å². The third-order valence-corrected chi connectivity index (χ3v) is 4.66. The number of benzene rings is 1. The second-order valence-corrected chi connectivity index (χ2v) is 6.77. The van der Waals surface area contributed by atoms with E-state index in [4.69, 9.17) is 4.74 Å². The smallest absolute Gasteiger partial charge is 0.319 e. The van der Waals surface area contributed by atoms with Crippen LogP contribution in [0.25, 0.3) is 5.13 Å². The molecule has 0 aliphatic heterocycles. The molecule has 2 amide bonds. The number of urea groups is 1. The van der Waals surface area contributed by atoms with Gasteiger partial charge in [0.05, 0.1) is 12.3 Å². The van der Waals surface area contributed by atoms with Crippen molar-refractivity contribution in [2.45, 2.75) is 26.2 Å². The third kappa shape index (κ3) is 5.82. The van der Waals surface area contributed by atoms with Crippen LogP contribution in [0.5, 0.6) is 5.75 Å². The molecule has 0 spiro atoms. The normalized spacial score (nSPS) is 10.6. The number of amides is 2. The number of aromatic nitrogens is 3. The van der Waals surface area contributed by atoms with Gasteiger partial charge in [0, 0.05) is 36.4 Å². The van der Waals surface area contributed by atoms with Crippen molar-refractivity contribution in [3.63, 3.8) is 0 Å². The fourth-order valence-corrected chi connectivity index (χ4v) is 3.14. The predicted molar refractivity (Wildman–Crippen MR) is 107 cm³/mol. The molecular weight excluding hydrogens is 362 g/mol. The average Bonchev–Trinajstić information content (AvgIpc) is 3.35. The Hall–Kier alpha value is -2.87. The Labute approximate surface area is 162 Å². The summed E-state index contributed by atoms with van der Waals surface area (Å²) < 4.78 is 7.33. The molecule has 8 heteroatoms. The van der Waals surface area contributed by atoms with Crippen LogP contribution in [0.3, 0.4) is 0 Å². The first-order valence-corrected chi connectivity index (χ1v) is 9.84. The first-order valence-electron chi connectivity index (χ1n) is 8.96. The van der Waals surface area contributed by atoms with E-state index in [-0.39, 0.29) is 6.03 Å². The summed E-state index contributed by atoms with van der Waals surface area (Å²) in [5.41, 5.74) is 1.66. The molecule has 0 saturated heterocycles. The quantitative estimate of drug-likeness (QED) is 0.548. The van der Waals surface area contributed by atoms with Crippen LogP contribution in [-0.4, -0.2) is 33.9 Å². The summed E-state index contributed by atoms with van der Waals surface area (Å²) in [5.74, 6) is 0.811. The van der Waals surface area contributed by atoms with E-state index in [0.717, 1.165) is 35.1 Å². The molecule has 3 aromatic rings. The van der Waals surface area contributed by atoms with Gasteiger partial charge in [0.1, 0.15) is 5.75 Å². The highest BCUT2D eigenvalue weighted by atomic mass is 32.1. The molecule has 3 rings (SSSR count). The Kier molecular flexibility index (Phi) is 6.81. The lowest BCUT2D eigenvalue weighted by Gasteiger charge is -2.09. The molecule has 0 unspecified atom stereocenters. The highest BCUT2D eigenvalue weighted by Crippen LogP contribution is 2.16. The van der Waals surface area contributed by atoms with Crippen LogP contribution in [0.15, 0.2) is 48.1 Å². The van der Waals surface area contributed by atoms with Crippen molar-refractivity contribution >= 4 is 23.1 Å². The molecule has 0 bridgehead atoms.